The molecule has 1 atom stereocenters. The molecule has 1 aliphatic heterocycles. The minimum atomic E-state index is -0.496. The molecule has 0 unspecified atom stereocenters. The molecule has 102 valence electrons. The molecule has 1 saturated heterocycles. The standard InChI is InChI=1S/C15H24O3/c1-12(2)8-7-9-14(3,4)16-10-13-11-17-15(5,6)18-13/h13H,1,8,10-11H2,2-6H3/t13-/m1/s1. The zero-order valence-electron chi connectivity index (χ0n) is 12.1. The lowest BCUT2D eigenvalue weighted by Gasteiger charge is -2.22. The molecule has 0 aromatic heterocycles. The normalized spacial score (nSPS) is 22.4. The Morgan fingerprint density at radius 1 is 1.50 bits per heavy atom. The lowest BCUT2D eigenvalue weighted by Crippen LogP contribution is -2.30. The van der Waals surface area contributed by atoms with Crippen LogP contribution < -0.4 is 0 Å². The first-order chi connectivity index (χ1) is 8.20. The van der Waals surface area contributed by atoms with Crippen molar-refractivity contribution >= 4 is 0 Å². The molecule has 0 radical (unpaired) electrons. The molecule has 0 N–H and O–H groups in total. The molecule has 1 aliphatic rings. The smallest absolute Gasteiger partial charge is 0.163 e. The fourth-order valence-electron chi connectivity index (χ4n) is 1.59. The average molecular weight is 252 g/mol. The quantitative estimate of drug-likeness (QED) is 0.569. The topological polar surface area (TPSA) is 27.7 Å². The summed E-state index contributed by atoms with van der Waals surface area (Å²) >= 11 is 0. The van der Waals surface area contributed by atoms with Crippen LogP contribution in [0.5, 0.6) is 0 Å². The highest BCUT2D eigenvalue weighted by Crippen LogP contribution is 2.23. The Labute approximate surface area is 110 Å². The van der Waals surface area contributed by atoms with Gasteiger partial charge in [-0.05, 0) is 34.6 Å². The maximum absolute atomic E-state index is 5.78. The van der Waals surface area contributed by atoms with E-state index in [0.29, 0.717) is 19.6 Å². The van der Waals surface area contributed by atoms with Gasteiger partial charge in [0.2, 0.25) is 0 Å². The predicted molar refractivity (Wildman–Crippen MR) is 72.1 cm³/mol. The summed E-state index contributed by atoms with van der Waals surface area (Å²) in [5.74, 6) is 5.68. The highest BCUT2D eigenvalue weighted by atomic mass is 16.7. The van der Waals surface area contributed by atoms with Gasteiger partial charge < -0.3 is 14.2 Å². The summed E-state index contributed by atoms with van der Waals surface area (Å²) in [5.41, 5.74) is 0.596. The molecular weight excluding hydrogens is 228 g/mol. The molecule has 18 heavy (non-hydrogen) atoms. The second-order valence-corrected chi connectivity index (χ2v) is 5.71. The second kappa shape index (κ2) is 5.88. The van der Waals surface area contributed by atoms with Gasteiger partial charge in [-0.2, -0.15) is 0 Å². The zero-order chi connectivity index (χ0) is 13.8. The highest BCUT2D eigenvalue weighted by Gasteiger charge is 2.33. The van der Waals surface area contributed by atoms with Crippen LogP contribution in [0.2, 0.25) is 0 Å². The fourth-order valence-corrected chi connectivity index (χ4v) is 1.59. The predicted octanol–water partition coefficient (Wildman–Crippen LogP) is 2.90. The van der Waals surface area contributed by atoms with Crippen LogP contribution in [0.15, 0.2) is 12.2 Å². The van der Waals surface area contributed by atoms with E-state index in [0.717, 1.165) is 5.57 Å². The van der Waals surface area contributed by atoms with Crippen molar-refractivity contribution in [3.05, 3.63) is 12.2 Å². The van der Waals surface area contributed by atoms with Crippen molar-refractivity contribution in [2.75, 3.05) is 13.2 Å². The minimum Gasteiger partial charge on any atom is -0.360 e. The zero-order valence-corrected chi connectivity index (χ0v) is 12.1. The highest BCUT2D eigenvalue weighted by molar-refractivity contribution is 5.15. The van der Waals surface area contributed by atoms with E-state index in [1.165, 1.54) is 0 Å². The van der Waals surface area contributed by atoms with Crippen molar-refractivity contribution in [3.63, 3.8) is 0 Å². The van der Waals surface area contributed by atoms with Crippen LogP contribution in [0.1, 0.15) is 41.0 Å². The summed E-state index contributed by atoms with van der Waals surface area (Å²) in [4.78, 5) is 0. The van der Waals surface area contributed by atoms with Crippen molar-refractivity contribution in [1.29, 1.82) is 0 Å². The Morgan fingerprint density at radius 2 is 2.17 bits per heavy atom. The molecule has 0 aliphatic carbocycles. The summed E-state index contributed by atoms with van der Waals surface area (Å²) < 4.78 is 16.9. The summed E-state index contributed by atoms with van der Waals surface area (Å²) in [6, 6.07) is 0. The lowest BCUT2D eigenvalue weighted by atomic mass is 10.1. The van der Waals surface area contributed by atoms with Crippen molar-refractivity contribution in [2.24, 2.45) is 0 Å². The molecule has 0 saturated carbocycles. The Balaban J connectivity index is 2.37. The third kappa shape index (κ3) is 5.68. The van der Waals surface area contributed by atoms with Crippen LogP contribution in [0.3, 0.4) is 0 Å². The average Bonchev–Trinajstić information content (AvgIpc) is 2.55. The molecule has 0 aromatic rings. The lowest BCUT2D eigenvalue weighted by molar-refractivity contribution is -0.149. The molecule has 3 nitrogen and oxygen atoms in total. The largest absolute Gasteiger partial charge is 0.360 e. The molecule has 0 aromatic carbocycles. The van der Waals surface area contributed by atoms with Crippen LogP contribution in [0, 0.1) is 11.8 Å². The number of allylic oxidation sites excluding steroid dienone is 1. The van der Waals surface area contributed by atoms with Crippen molar-refractivity contribution in [1.82, 2.24) is 0 Å². The molecule has 1 heterocycles. The summed E-state index contributed by atoms with van der Waals surface area (Å²) in [6.07, 6.45) is 0.699. The first-order valence-electron chi connectivity index (χ1n) is 6.30. The van der Waals surface area contributed by atoms with Gasteiger partial charge in [0.25, 0.3) is 0 Å². The van der Waals surface area contributed by atoms with Gasteiger partial charge in [-0.15, -0.1) is 0 Å². The van der Waals surface area contributed by atoms with Gasteiger partial charge in [-0.25, -0.2) is 0 Å². The van der Waals surface area contributed by atoms with Crippen LogP contribution >= 0.6 is 0 Å². The van der Waals surface area contributed by atoms with E-state index in [1.807, 2.05) is 34.6 Å². The number of hydrogen-bond acceptors (Lipinski definition) is 3. The Hall–Kier alpha value is -0.820. The first-order valence-corrected chi connectivity index (χ1v) is 6.30. The summed E-state index contributed by atoms with van der Waals surface area (Å²) in [5, 5.41) is 0. The van der Waals surface area contributed by atoms with E-state index in [4.69, 9.17) is 14.2 Å². The maximum atomic E-state index is 5.78. The van der Waals surface area contributed by atoms with Crippen LogP contribution in [-0.4, -0.2) is 30.7 Å². The Morgan fingerprint density at radius 3 is 2.67 bits per heavy atom. The van der Waals surface area contributed by atoms with Crippen molar-refractivity contribution in [2.45, 2.75) is 58.5 Å². The van der Waals surface area contributed by atoms with Crippen molar-refractivity contribution < 1.29 is 14.2 Å². The van der Waals surface area contributed by atoms with E-state index in [2.05, 4.69) is 18.4 Å². The minimum absolute atomic E-state index is 0.0118. The summed E-state index contributed by atoms with van der Waals surface area (Å²) in [7, 11) is 0. The molecular formula is C15H24O3. The van der Waals surface area contributed by atoms with E-state index in [1.54, 1.807) is 0 Å². The SMILES string of the molecule is C=C(C)CC#CC(C)(C)OC[C@@H]1COC(C)(C)O1. The summed E-state index contributed by atoms with van der Waals surface area (Å²) in [6.45, 7) is 14.6. The van der Waals surface area contributed by atoms with E-state index >= 15 is 0 Å². The van der Waals surface area contributed by atoms with Gasteiger partial charge in [-0.1, -0.05) is 24.0 Å². The van der Waals surface area contributed by atoms with E-state index in [9.17, 15) is 0 Å². The third-order valence-electron chi connectivity index (χ3n) is 2.48. The van der Waals surface area contributed by atoms with E-state index in [-0.39, 0.29) is 6.10 Å². The first kappa shape index (κ1) is 15.2. The molecule has 3 heteroatoms. The molecule has 0 bridgehead atoms. The number of hydrogen-bond donors (Lipinski definition) is 0. The van der Waals surface area contributed by atoms with Gasteiger partial charge >= 0.3 is 0 Å². The van der Waals surface area contributed by atoms with Crippen LogP contribution in [0.4, 0.5) is 0 Å². The monoisotopic (exact) mass is 252 g/mol. The molecule has 1 rings (SSSR count). The van der Waals surface area contributed by atoms with Crippen molar-refractivity contribution in [3.8, 4) is 11.8 Å². The fraction of sp³-hybridized carbons (Fsp3) is 0.733. The van der Waals surface area contributed by atoms with Gasteiger partial charge in [-0.3, -0.25) is 0 Å². The van der Waals surface area contributed by atoms with Crippen LogP contribution in [0.25, 0.3) is 0 Å². The number of rotatable bonds is 4. The third-order valence-corrected chi connectivity index (χ3v) is 2.48. The Bertz CT molecular complexity index is 358. The Kier molecular flexibility index (Phi) is 4.98. The maximum Gasteiger partial charge on any atom is 0.163 e. The number of ether oxygens (including phenoxy) is 3. The second-order valence-electron chi connectivity index (χ2n) is 5.71. The molecule has 0 spiro atoms. The van der Waals surface area contributed by atoms with Gasteiger partial charge in [0.1, 0.15) is 11.7 Å². The van der Waals surface area contributed by atoms with Gasteiger partial charge in [0, 0.05) is 6.42 Å². The van der Waals surface area contributed by atoms with Gasteiger partial charge in [0.05, 0.1) is 13.2 Å². The molecule has 1 fully saturated rings. The van der Waals surface area contributed by atoms with Gasteiger partial charge in [0.15, 0.2) is 5.79 Å². The molecule has 0 amide bonds. The van der Waals surface area contributed by atoms with E-state index < -0.39 is 11.4 Å². The van der Waals surface area contributed by atoms with Crippen LogP contribution in [-0.2, 0) is 14.2 Å².